The lowest BCUT2D eigenvalue weighted by Gasteiger charge is -2.05. The van der Waals surface area contributed by atoms with Crippen molar-refractivity contribution in [1.82, 2.24) is 5.32 Å². The number of nitrogens with one attached hydrogen (secondary N) is 1. The Balaban J connectivity index is 1.78. The van der Waals surface area contributed by atoms with Gasteiger partial charge in [-0.1, -0.05) is 29.8 Å². The first-order chi connectivity index (χ1) is 9.09. The minimum Gasteiger partial charge on any atom is -0.481 e. The van der Waals surface area contributed by atoms with Crippen molar-refractivity contribution in [3.8, 4) is 0 Å². The van der Waals surface area contributed by atoms with Crippen LogP contribution in [0.1, 0.15) is 30.7 Å². The molecule has 2 rings (SSSR count). The number of halogens is 1. The summed E-state index contributed by atoms with van der Waals surface area (Å²) in [4.78, 5) is 22.2. The van der Waals surface area contributed by atoms with Crippen LogP contribution in [0.25, 0.3) is 0 Å². The molecule has 1 aromatic carbocycles. The number of rotatable bonds is 6. The molecule has 0 saturated heterocycles. The zero-order chi connectivity index (χ0) is 13.8. The average Bonchev–Trinajstić information content (AvgIpc) is 3.15. The van der Waals surface area contributed by atoms with Crippen molar-refractivity contribution in [3.05, 3.63) is 34.9 Å². The van der Waals surface area contributed by atoms with Gasteiger partial charge in [-0.2, -0.15) is 0 Å². The molecule has 0 heterocycles. The Kier molecular flexibility index (Phi) is 4.43. The molecule has 102 valence electrons. The van der Waals surface area contributed by atoms with E-state index in [4.69, 9.17) is 16.7 Å². The second kappa shape index (κ2) is 6.06. The molecule has 2 N–H and O–H groups in total. The van der Waals surface area contributed by atoms with Gasteiger partial charge in [0.05, 0.1) is 0 Å². The summed E-state index contributed by atoms with van der Waals surface area (Å²) in [6, 6.07) is 7.57. The summed E-state index contributed by atoms with van der Waals surface area (Å²) in [5, 5.41) is 12.0. The van der Waals surface area contributed by atoms with Crippen LogP contribution in [0.5, 0.6) is 0 Å². The van der Waals surface area contributed by atoms with Gasteiger partial charge < -0.3 is 10.4 Å². The maximum atomic E-state index is 11.8. The SMILES string of the molecule is O=C(O)CCCNC(=O)C1CC1c1ccccc1Cl. The van der Waals surface area contributed by atoms with E-state index < -0.39 is 5.97 Å². The highest BCUT2D eigenvalue weighted by molar-refractivity contribution is 6.31. The number of aliphatic carboxylic acids is 1. The second-order valence-electron chi connectivity index (χ2n) is 4.76. The number of hydrogen-bond acceptors (Lipinski definition) is 2. The molecule has 2 atom stereocenters. The number of carboxylic acid groups (broad SMARTS) is 1. The number of amides is 1. The van der Waals surface area contributed by atoms with E-state index in [1.807, 2.05) is 24.3 Å². The number of carbonyl (C=O) groups is 2. The van der Waals surface area contributed by atoms with Crippen LogP contribution in [0.4, 0.5) is 0 Å². The van der Waals surface area contributed by atoms with E-state index >= 15 is 0 Å². The van der Waals surface area contributed by atoms with Crippen molar-refractivity contribution < 1.29 is 14.7 Å². The lowest BCUT2D eigenvalue weighted by atomic mass is 10.1. The lowest BCUT2D eigenvalue weighted by Crippen LogP contribution is -2.26. The van der Waals surface area contributed by atoms with Crippen LogP contribution in [-0.4, -0.2) is 23.5 Å². The molecule has 1 saturated carbocycles. The van der Waals surface area contributed by atoms with Crippen LogP contribution in [-0.2, 0) is 9.59 Å². The third kappa shape index (κ3) is 3.70. The maximum Gasteiger partial charge on any atom is 0.303 e. The quantitative estimate of drug-likeness (QED) is 0.787. The topological polar surface area (TPSA) is 66.4 Å². The summed E-state index contributed by atoms with van der Waals surface area (Å²) >= 11 is 6.09. The van der Waals surface area contributed by atoms with Gasteiger partial charge in [-0.15, -0.1) is 0 Å². The molecule has 0 radical (unpaired) electrons. The van der Waals surface area contributed by atoms with Gasteiger partial charge in [-0.3, -0.25) is 9.59 Å². The van der Waals surface area contributed by atoms with Crippen LogP contribution in [0.3, 0.4) is 0 Å². The van der Waals surface area contributed by atoms with Crippen LogP contribution in [0, 0.1) is 5.92 Å². The Morgan fingerprint density at radius 3 is 2.79 bits per heavy atom. The summed E-state index contributed by atoms with van der Waals surface area (Å²) in [6.45, 7) is 0.414. The van der Waals surface area contributed by atoms with Crippen LogP contribution in [0.15, 0.2) is 24.3 Å². The monoisotopic (exact) mass is 281 g/mol. The highest BCUT2D eigenvalue weighted by Crippen LogP contribution is 2.49. The van der Waals surface area contributed by atoms with E-state index in [-0.39, 0.29) is 24.2 Å². The predicted octanol–water partition coefficient (Wildman–Crippen LogP) is 2.42. The number of carboxylic acids is 1. The van der Waals surface area contributed by atoms with Gasteiger partial charge in [0.1, 0.15) is 0 Å². The first-order valence-corrected chi connectivity index (χ1v) is 6.71. The summed E-state index contributed by atoms with van der Waals surface area (Å²) in [6.07, 6.45) is 1.36. The molecule has 0 aliphatic heterocycles. The Morgan fingerprint density at radius 1 is 1.37 bits per heavy atom. The first kappa shape index (κ1) is 13.9. The molecule has 1 aliphatic carbocycles. The Bertz CT molecular complexity index is 489. The van der Waals surface area contributed by atoms with Gasteiger partial charge in [0.25, 0.3) is 0 Å². The summed E-state index contributed by atoms with van der Waals surface area (Å²) in [5.74, 6) is -0.664. The average molecular weight is 282 g/mol. The van der Waals surface area contributed by atoms with Gasteiger partial charge in [0.15, 0.2) is 0 Å². The molecule has 1 fully saturated rings. The lowest BCUT2D eigenvalue weighted by molar-refractivity contribution is -0.137. The molecule has 5 heteroatoms. The highest BCUT2D eigenvalue weighted by atomic mass is 35.5. The van der Waals surface area contributed by atoms with Crippen molar-refractivity contribution in [2.75, 3.05) is 6.54 Å². The summed E-state index contributed by atoms with van der Waals surface area (Å²) in [5.41, 5.74) is 1.02. The van der Waals surface area contributed by atoms with E-state index in [1.165, 1.54) is 0 Å². The molecule has 0 bridgehead atoms. The zero-order valence-electron chi connectivity index (χ0n) is 10.4. The largest absolute Gasteiger partial charge is 0.481 e. The fourth-order valence-electron chi connectivity index (χ4n) is 2.19. The van der Waals surface area contributed by atoms with E-state index in [9.17, 15) is 9.59 Å². The van der Waals surface area contributed by atoms with E-state index in [0.717, 1.165) is 12.0 Å². The molecule has 4 nitrogen and oxygen atoms in total. The third-order valence-electron chi connectivity index (χ3n) is 3.30. The molecule has 0 spiro atoms. The molecule has 0 aromatic heterocycles. The van der Waals surface area contributed by atoms with Crippen LogP contribution in [0.2, 0.25) is 5.02 Å². The van der Waals surface area contributed by atoms with Crippen LogP contribution >= 0.6 is 11.6 Å². The van der Waals surface area contributed by atoms with Gasteiger partial charge in [-0.05, 0) is 30.4 Å². The van der Waals surface area contributed by atoms with Gasteiger partial charge >= 0.3 is 5.97 Å². The summed E-state index contributed by atoms with van der Waals surface area (Å²) < 4.78 is 0. The van der Waals surface area contributed by atoms with Crippen molar-refractivity contribution in [1.29, 1.82) is 0 Å². The van der Waals surface area contributed by atoms with E-state index in [1.54, 1.807) is 0 Å². The highest BCUT2D eigenvalue weighted by Gasteiger charge is 2.44. The molecule has 19 heavy (non-hydrogen) atoms. The van der Waals surface area contributed by atoms with Crippen molar-refractivity contribution >= 4 is 23.5 Å². The minimum absolute atomic E-state index is 0.00434. The smallest absolute Gasteiger partial charge is 0.303 e. The zero-order valence-corrected chi connectivity index (χ0v) is 11.2. The molecule has 1 aliphatic rings. The number of carbonyl (C=O) groups excluding carboxylic acids is 1. The first-order valence-electron chi connectivity index (χ1n) is 6.33. The number of hydrogen-bond donors (Lipinski definition) is 2. The standard InChI is InChI=1S/C14H16ClNO3/c15-12-5-2-1-4-9(12)10-8-11(10)14(19)16-7-3-6-13(17)18/h1-2,4-5,10-11H,3,6-8H2,(H,16,19)(H,17,18). The third-order valence-corrected chi connectivity index (χ3v) is 3.64. The summed E-state index contributed by atoms with van der Waals surface area (Å²) in [7, 11) is 0. The maximum absolute atomic E-state index is 11.8. The molecule has 2 unspecified atom stereocenters. The van der Waals surface area contributed by atoms with Gasteiger partial charge in [-0.25, -0.2) is 0 Å². The normalized spacial score (nSPS) is 20.9. The van der Waals surface area contributed by atoms with E-state index in [2.05, 4.69) is 5.32 Å². The molecular formula is C14H16ClNO3. The molecule has 1 amide bonds. The second-order valence-corrected chi connectivity index (χ2v) is 5.17. The number of benzene rings is 1. The Morgan fingerprint density at radius 2 is 2.11 bits per heavy atom. The van der Waals surface area contributed by atoms with Crippen LogP contribution < -0.4 is 5.32 Å². The van der Waals surface area contributed by atoms with Crippen molar-refractivity contribution in [2.45, 2.75) is 25.2 Å². The van der Waals surface area contributed by atoms with Gasteiger partial charge in [0.2, 0.25) is 5.91 Å². The minimum atomic E-state index is -0.838. The fourth-order valence-corrected chi connectivity index (χ4v) is 2.46. The van der Waals surface area contributed by atoms with Gasteiger partial charge in [0, 0.05) is 23.9 Å². The molecule has 1 aromatic rings. The fraction of sp³-hybridized carbons (Fsp3) is 0.429. The molecular weight excluding hydrogens is 266 g/mol. The Hall–Kier alpha value is -1.55. The van der Waals surface area contributed by atoms with Crippen molar-refractivity contribution in [3.63, 3.8) is 0 Å². The van der Waals surface area contributed by atoms with E-state index in [0.29, 0.717) is 18.0 Å². The Labute approximate surface area is 116 Å². The predicted molar refractivity (Wildman–Crippen MR) is 72.2 cm³/mol. The van der Waals surface area contributed by atoms with Crippen molar-refractivity contribution in [2.24, 2.45) is 5.92 Å².